The molecule has 0 saturated carbocycles. The van der Waals surface area contributed by atoms with Crippen LogP contribution in [0.5, 0.6) is 0 Å². The van der Waals surface area contributed by atoms with Crippen molar-refractivity contribution in [1.29, 1.82) is 0 Å². The van der Waals surface area contributed by atoms with Gasteiger partial charge in [0.1, 0.15) is 12.4 Å². The number of benzene rings is 1. The second kappa shape index (κ2) is 4.14. The summed E-state index contributed by atoms with van der Waals surface area (Å²) in [4.78, 5) is 4.21. The van der Waals surface area contributed by atoms with E-state index in [0.29, 0.717) is 6.61 Å². The van der Waals surface area contributed by atoms with Crippen LogP contribution in [0.25, 0.3) is 5.69 Å². The van der Waals surface area contributed by atoms with Gasteiger partial charge in [-0.25, -0.2) is 4.98 Å². The maximum absolute atomic E-state index is 5.63. The van der Waals surface area contributed by atoms with Crippen LogP contribution < -0.4 is 5.73 Å². The Bertz CT molecular complexity index is 433. The van der Waals surface area contributed by atoms with Gasteiger partial charge in [-0.15, -0.1) is 0 Å². The van der Waals surface area contributed by atoms with Crippen molar-refractivity contribution in [2.24, 2.45) is 0 Å². The first kappa shape index (κ1) is 9.73. The van der Waals surface area contributed by atoms with Gasteiger partial charge in [0, 0.05) is 30.9 Å². The lowest BCUT2D eigenvalue weighted by molar-refractivity contribution is 0.176. The number of rotatable bonds is 3. The van der Waals surface area contributed by atoms with Crippen molar-refractivity contribution in [2.45, 2.75) is 6.61 Å². The molecule has 15 heavy (non-hydrogen) atoms. The summed E-state index contributed by atoms with van der Waals surface area (Å²) < 4.78 is 7.04. The quantitative estimate of drug-likeness (QED) is 0.771. The van der Waals surface area contributed by atoms with E-state index in [-0.39, 0.29) is 0 Å². The molecule has 2 aromatic rings. The third kappa shape index (κ3) is 1.99. The van der Waals surface area contributed by atoms with Crippen molar-refractivity contribution in [3.8, 4) is 5.69 Å². The summed E-state index contributed by atoms with van der Waals surface area (Å²) >= 11 is 0. The molecule has 1 aromatic carbocycles. The fourth-order valence-corrected chi connectivity index (χ4v) is 1.44. The van der Waals surface area contributed by atoms with Crippen molar-refractivity contribution in [3.63, 3.8) is 0 Å². The molecule has 0 bridgehead atoms. The van der Waals surface area contributed by atoms with E-state index in [9.17, 15) is 0 Å². The van der Waals surface area contributed by atoms with Gasteiger partial charge in [0.15, 0.2) is 0 Å². The third-order valence-corrected chi connectivity index (χ3v) is 2.16. The maximum Gasteiger partial charge on any atom is 0.139 e. The average molecular weight is 203 g/mol. The van der Waals surface area contributed by atoms with Crippen molar-refractivity contribution in [1.82, 2.24) is 9.55 Å². The highest BCUT2D eigenvalue weighted by atomic mass is 16.5. The van der Waals surface area contributed by atoms with Crippen molar-refractivity contribution in [2.75, 3.05) is 12.8 Å². The zero-order valence-corrected chi connectivity index (χ0v) is 8.55. The van der Waals surface area contributed by atoms with Crippen molar-refractivity contribution < 1.29 is 4.74 Å². The Labute approximate surface area is 88.3 Å². The molecule has 4 heteroatoms. The number of hydrogen-bond donors (Lipinski definition) is 1. The van der Waals surface area contributed by atoms with Crippen LogP contribution in [0.3, 0.4) is 0 Å². The summed E-state index contributed by atoms with van der Waals surface area (Å²) in [5.41, 5.74) is 7.42. The fourth-order valence-electron chi connectivity index (χ4n) is 1.44. The van der Waals surface area contributed by atoms with Gasteiger partial charge < -0.3 is 15.0 Å². The van der Waals surface area contributed by atoms with E-state index in [1.807, 2.05) is 35.0 Å². The molecular formula is C11H13N3O. The normalized spacial score (nSPS) is 10.5. The first-order valence-electron chi connectivity index (χ1n) is 4.68. The third-order valence-electron chi connectivity index (χ3n) is 2.16. The minimum atomic E-state index is 0.497. The molecule has 0 aliphatic heterocycles. The Kier molecular flexibility index (Phi) is 2.69. The Morgan fingerprint density at radius 2 is 2.07 bits per heavy atom. The molecule has 0 aliphatic rings. The molecule has 1 aromatic heterocycles. The maximum atomic E-state index is 5.63. The van der Waals surface area contributed by atoms with Gasteiger partial charge in [0.2, 0.25) is 0 Å². The lowest BCUT2D eigenvalue weighted by Gasteiger charge is -2.07. The van der Waals surface area contributed by atoms with Gasteiger partial charge in [0.25, 0.3) is 0 Å². The molecule has 78 valence electrons. The smallest absolute Gasteiger partial charge is 0.139 e. The van der Waals surface area contributed by atoms with Crippen LogP contribution in [0.15, 0.2) is 36.7 Å². The molecule has 0 atom stereocenters. The van der Waals surface area contributed by atoms with Gasteiger partial charge in [-0.3, -0.25) is 0 Å². The standard InChI is InChI=1S/C11H13N3O/c1-15-8-11-13-6-7-14(11)10-4-2-9(12)3-5-10/h2-7H,8,12H2,1H3. The predicted molar refractivity (Wildman–Crippen MR) is 58.7 cm³/mol. The molecule has 0 radical (unpaired) electrons. The molecule has 0 aliphatic carbocycles. The van der Waals surface area contributed by atoms with Crippen LogP contribution in [0, 0.1) is 0 Å². The molecule has 0 amide bonds. The topological polar surface area (TPSA) is 53.1 Å². The predicted octanol–water partition coefficient (Wildman–Crippen LogP) is 1.60. The molecule has 0 unspecified atom stereocenters. The highest BCUT2D eigenvalue weighted by Gasteiger charge is 2.03. The minimum absolute atomic E-state index is 0.497. The number of hydrogen-bond acceptors (Lipinski definition) is 3. The zero-order valence-electron chi connectivity index (χ0n) is 8.55. The van der Waals surface area contributed by atoms with E-state index in [4.69, 9.17) is 10.5 Å². The number of anilines is 1. The van der Waals surface area contributed by atoms with Gasteiger partial charge >= 0.3 is 0 Å². The second-order valence-electron chi connectivity index (χ2n) is 3.24. The average Bonchev–Trinajstić information content (AvgIpc) is 2.68. The first-order chi connectivity index (χ1) is 7.31. The van der Waals surface area contributed by atoms with Crippen LogP contribution in [0.4, 0.5) is 5.69 Å². The Balaban J connectivity index is 2.36. The van der Waals surface area contributed by atoms with E-state index in [1.54, 1.807) is 13.3 Å². The Morgan fingerprint density at radius 3 is 2.73 bits per heavy atom. The largest absolute Gasteiger partial charge is 0.399 e. The van der Waals surface area contributed by atoms with E-state index < -0.39 is 0 Å². The number of nitrogens with two attached hydrogens (primary N) is 1. The highest BCUT2D eigenvalue weighted by molar-refractivity contribution is 5.45. The zero-order chi connectivity index (χ0) is 10.7. The van der Waals surface area contributed by atoms with E-state index in [1.165, 1.54) is 0 Å². The summed E-state index contributed by atoms with van der Waals surface area (Å²) in [7, 11) is 1.65. The van der Waals surface area contributed by atoms with E-state index in [0.717, 1.165) is 17.2 Å². The molecule has 1 heterocycles. The summed E-state index contributed by atoms with van der Waals surface area (Å²) in [5, 5.41) is 0. The van der Waals surface area contributed by atoms with Crippen molar-refractivity contribution in [3.05, 3.63) is 42.5 Å². The molecule has 0 fully saturated rings. The minimum Gasteiger partial charge on any atom is -0.399 e. The fraction of sp³-hybridized carbons (Fsp3) is 0.182. The molecule has 4 nitrogen and oxygen atoms in total. The van der Waals surface area contributed by atoms with Crippen LogP contribution in [0.1, 0.15) is 5.82 Å². The Hall–Kier alpha value is -1.81. The number of aromatic nitrogens is 2. The molecule has 0 spiro atoms. The second-order valence-corrected chi connectivity index (χ2v) is 3.24. The summed E-state index contributed by atoms with van der Waals surface area (Å²) in [6.07, 6.45) is 3.66. The molecular weight excluding hydrogens is 190 g/mol. The monoisotopic (exact) mass is 203 g/mol. The first-order valence-corrected chi connectivity index (χ1v) is 4.68. The molecule has 2 rings (SSSR count). The van der Waals surface area contributed by atoms with Gasteiger partial charge in [-0.2, -0.15) is 0 Å². The van der Waals surface area contributed by atoms with Crippen molar-refractivity contribution >= 4 is 5.69 Å². The molecule has 0 saturated heterocycles. The highest BCUT2D eigenvalue weighted by Crippen LogP contribution is 2.13. The number of imidazole rings is 1. The van der Waals surface area contributed by atoms with Gasteiger partial charge in [0.05, 0.1) is 0 Å². The lowest BCUT2D eigenvalue weighted by Crippen LogP contribution is -2.01. The SMILES string of the molecule is COCc1nccn1-c1ccc(N)cc1. The van der Waals surface area contributed by atoms with Gasteiger partial charge in [-0.1, -0.05) is 0 Å². The summed E-state index contributed by atoms with van der Waals surface area (Å²) in [6.45, 7) is 0.497. The number of methoxy groups -OCH3 is 1. The van der Waals surface area contributed by atoms with E-state index >= 15 is 0 Å². The summed E-state index contributed by atoms with van der Waals surface area (Å²) in [5.74, 6) is 0.877. The molecule has 2 N–H and O–H groups in total. The van der Waals surface area contributed by atoms with Gasteiger partial charge in [-0.05, 0) is 24.3 Å². The van der Waals surface area contributed by atoms with Crippen LogP contribution >= 0.6 is 0 Å². The Morgan fingerprint density at radius 1 is 1.33 bits per heavy atom. The summed E-state index contributed by atoms with van der Waals surface area (Å²) in [6, 6.07) is 7.64. The number of nitrogens with zero attached hydrogens (tertiary/aromatic N) is 2. The number of nitrogen functional groups attached to an aromatic ring is 1. The van der Waals surface area contributed by atoms with Crippen LogP contribution in [-0.2, 0) is 11.3 Å². The van der Waals surface area contributed by atoms with Crippen LogP contribution in [-0.4, -0.2) is 16.7 Å². The van der Waals surface area contributed by atoms with E-state index in [2.05, 4.69) is 4.98 Å². The number of ether oxygens (including phenoxy) is 1. The van der Waals surface area contributed by atoms with Crippen LogP contribution in [0.2, 0.25) is 0 Å². The lowest BCUT2D eigenvalue weighted by atomic mass is 10.3.